The minimum atomic E-state index is -0.857. The Kier molecular flexibility index (Phi) is 6.66. The van der Waals surface area contributed by atoms with Crippen LogP contribution in [0.2, 0.25) is 0 Å². The molecule has 0 fully saturated rings. The summed E-state index contributed by atoms with van der Waals surface area (Å²) in [5.74, 6) is -0.868. The van der Waals surface area contributed by atoms with Gasteiger partial charge < -0.3 is 25.3 Å². The highest BCUT2D eigenvalue weighted by Crippen LogP contribution is 2.12. The van der Waals surface area contributed by atoms with Crippen LogP contribution in [0.25, 0.3) is 0 Å². The molecule has 2 aromatic rings. The lowest BCUT2D eigenvalue weighted by molar-refractivity contribution is -0.389. The molecule has 0 saturated heterocycles. The molecule has 1 heterocycles. The number of rotatable bonds is 10. The van der Waals surface area contributed by atoms with Gasteiger partial charge in [0, 0.05) is 13.0 Å². The van der Waals surface area contributed by atoms with E-state index >= 15 is 0 Å². The second kappa shape index (κ2) is 9.16. The highest BCUT2D eigenvalue weighted by Gasteiger charge is 2.13. The highest BCUT2D eigenvalue weighted by molar-refractivity contribution is 5.75. The zero-order valence-corrected chi connectivity index (χ0v) is 13.8. The number of hydrogen-bond acceptors (Lipinski definition) is 6. The molecular formula is C16H18N4O6. The van der Waals surface area contributed by atoms with Crippen LogP contribution < -0.4 is 10.1 Å². The number of aromatic nitrogens is 2. The molecule has 10 heteroatoms. The van der Waals surface area contributed by atoms with Gasteiger partial charge in [0.2, 0.25) is 5.91 Å². The smallest absolute Gasteiger partial charge is 0.389 e. The first-order chi connectivity index (χ1) is 12.4. The van der Waals surface area contributed by atoms with Crippen molar-refractivity contribution in [2.45, 2.75) is 25.9 Å². The van der Waals surface area contributed by atoms with E-state index in [0.29, 0.717) is 25.3 Å². The summed E-state index contributed by atoms with van der Waals surface area (Å²) >= 11 is 0. The van der Waals surface area contributed by atoms with Crippen LogP contribution in [0.5, 0.6) is 5.75 Å². The number of amides is 1. The molecule has 0 atom stereocenters. The number of benzene rings is 1. The van der Waals surface area contributed by atoms with Gasteiger partial charge in [-0.3, -0.25) is 9.59 Å². The van der Waals surface area contributed by atoms with E-state index in [4.69, 9.17) is 9.84 Å². The van der Waals surface area contributed by atoms with Gasteiger partial charge in [0.1, 0.15) is 12.3 Å². The van der Waals surface area contributed by atoms with Gasteiger partial charge in [-0.15, -0.1) is 0 Å². The van der Waals surface area contributed by atoms with Gasteiger partial charge in [-0.1, -0.05) is 12.1 Å². The Morgan fingerprint density at radius 1 is 1.27 bits per heavy atom. The molecule has 1 amide bonds. The van der Waals surface area contributed by atoms with Gasteiger partial charge >= 0.3 is 11.8 Å². The molecule has 0 aliphatic rings. The maximum Gasteiger partial charge on any atom is 0.389 e. The minimum absolute atomic E-state index is 0.0591. The van der Waals surface area contributed by atoms with E-state index in [9.17, 15) is 19.7 Å². The summed E-state index contributed by atoms with van der Waals surface area (Å²) in [6.07, 6.45) is 1.86. The Bertz CT molecular complexity index is 771. The monoisotopic (exact) mass is 362 g/mol. The van der Waals surface area contributed by atoms with Crippen molar-refractivity contribution in [3.05, 3.63) is 52.2 Å². The van der Waals surface area contributed by atoms with Crippen LogP contribution in [0.4, 0.5) is 5.82 Å². The number of carboxylic acid groups (broad SMARTS) is 1. The van der Waals surface area contributed by atoms with Crippen LogP contribution in [-0.4, -0.2) is 38.3 Å². The molecule has 0 aliphatic heterocycles. The SMILES string of the molecule is O=C(O)CCCOc1ccc(CNC(=O)Cn2ccc([N+](=O)[O-])n2)cc1. The van der Waals surface area contributed by atoms with Crippen LogP contribution in [0.3, 0.4) is 0 Å². The van der Waals surface area contributed by atoms with Crippen molar-refractivity contribution >= 4 is 17.7 Å². The first-order valence-electron chi connectivity index (χ1n) is 7.82. The number of hydrogen-bond donors (Lipinski definition) is 2. The average Bonchev–Trinajstić information content (AvgIpc) is 3.06. The fourth-order valence-electron chi connectivity index (χ4n) is 2.06. The Hall–Kier alpha value is -3.43. The summed E-state index contributed by atoms with van der Waals surface area (Å²) in [6, 6.07) is 8.26. The Labute approximate surface area is 148 Å². The topological polar surface area (TPSA) is 137 Å². The normalized spacial score (nSPS) is 10.3. The quantitative estimate of drug-likeness (QED) is 0.370. The lowest BCUT2D eigenvalue weighted by Crippen LogP contribution is -2.27. The number of nitro groups is 1. The molecule has 26 heavy (non-hydrogen) atoms. The predicted octanol–water partition coefficient (Wildman–Crippen LogP) is 1.35. The van der Waals surface area contributed by atoms with E-state index < -0.39 is 10.9 Å². The summed E-state index contributed by atoms with van der Waals surface area (Å²) in [7, 11) is 0. The summed E-state index contributed by atoms with van der Waals surface area (Å²) in [4.78, 5) is 32.2. The van der Waals surface area contributed by atoms with Crippen molar-refractivity contribution < 1.29 is 24.4 Å². The Balaban J connectivity index is 1.73. The number of carboxylic acids is 1. The second-order valence-electron chi connectivity index (χ2n) is 5.40. The summed E-state index contributed by atoms with van der Waals surface area (Å²) < 4.78 is 6.62. The summed E-state index contributed by atoms with van der Waals surface area (Å²) in [5, 5.41) is 25.4. The van der Waals surface area contributed by atoms with E-state index in [2.05, 4.69) is 10.4 Å². The second-order valence-corrected chi connectivity index (χ2v) is 5.40. The van der Waals surface area contributed by atoms with Gasteiger partial charge in [-0.05, 0) is 29.0 Å². The van der Waals surface area contributed by atoms with Crippen molar-refractivity contribution in [3.8, 4) is 5.75 Å². The molecular weight excluding hydrogens is 344 g/mol. The van der Waals surface area contributed by atoms with Crippen LogP contribution in [0.1, 0.15) is 18.4 Å². The van der Waals surface area contributed by atoms with Crippen molar-refractivity contribution in [3.63, 3.8) is 0 Å². The summed E-state index contributed by atoms with van der Waals surface area (Å²) in [5.41, 5.74) is 0.850. The van der Waals surface area contributed by atoms with Gasteiger partial charge in [0.15, 0.2) is 0 Å². The zero-order valence-electron chi connectivity index (χ0n) is 13.8. The van der Waals surface area contributed by atoms with Gasteiger partial charge in [0.05, 0.1) is 24.0 Å². The first-order valence-corrected chi connectivity index (χ1v) is 7.82. The lowest BCUT2D eigenvalue weighted by Gasteiger charge is -2.07. The third-order valence-corrected chi connectivity index (χ3v) is 3.34. The van der Waals surface area contributed by atoms with E-state index in [0.717, 1.165) is 5.56 Å². The maximum absolute atomic E-state index is 11.8. The Morgan fingerprint density at radius 2 is 2.00 bits per heavy atom. The fraction of sp³-hybridized carbons (Fsp3) is 0.312. The molecule has 1 aromatic carbocycles. The summed E-state index contributed by atoms with van der Waals surface area (Å²) in [6.45, 7) is 0.499. The van der Waals surface area contributed by atoms with Crippen LogP contribution in [0, 0.1) is 10.1 Å². The third-order valence-electron chi connectivity index (χ3n) is 3.34. The number of carbonyl (C=O) groups is 2. The van der Waals surface area contributed by atoms with Crippen molar-refractivity contribution in [2.75, 3.05) is 6.61 Å². The van der Waals surface area contributed by atoms with E-state index in [-0.39, 0.29) is 24.7 Å². The van der Waals surface area contributed by atoms with E-state index in [1.54, 1.807) is 24.3 Å². The predicted molar refractivity (Wildman–Crippen MR) is 89.5 cm³/mol. The molecule has 0 spiro atoms. The third kappa shape index (κ3) is 6.23. The molecule has 10 nitrogen and oxygen atoms in total. The number of nitrogens with one attached hydrogen (secondary N) is 1. The molecule has 138 valence electrons. The van der Waals surface area contributed by atoms with Gasteiger partial charge in [0.25, 0.3) is 0 Å². The number of ether oxygens (including phenoxy) is 1. The number of aliphatic carboxylic acids is 1. The maximum atomic E-state index is 11.8. The van der Waals surface area contributed by atoms with Crippen molar-refractivity contribution in [2.24, 2.45) is 0 Å². The average molecular weight is 362 g/mol. The molecule has 1 aromatic heterocycles. The Morgan fingerprint density at radius 3 is 2.62 bits per heavy atom. The molecule has 2 rings (SSSR count). The zero-order chi connectivity index (χ0) is 18.9. The largest absolute Gasteiger partial charge is 0.494 e. The van der Waals surface area contributed by atoms with Crippen LogP contribution >= 0.6 is 0 Å². The highest BCUT2D eigenvalue weighted by atomic mass is 16.6. The van der Waals surface area contributed by atoms with Crippen LogP contribution in [-0.2, 0) is 22.7 Å². The number of carbonyl (C=O) groups excluding carboxylic acids is 1. The van der Waals surface area contributed by atoms with Gasteiger partial charge in [-0.25, -0.2) is 0 Å². The minimum Gasteiger partial charge on any atom is -0.494 e. The van der Waals surface area contributed by atoms with Gasteiger partial charge in [-0.2, -0.15) is 4.68 Å². The number of nitrogens with zero attached hydrogens (tertiary/aromatic N) is 3. The molecule has 0 radical (unpaired) electrons. The molecule has 0 saturated carbocycles. The first kappa shape index (κ1) is 18.9. The van der Waals surface area contributed by atoms with Crippen LogP contribution in [0.15, 0.2) is 36.5 Å². The fourth-order valence-corrected chi connectivity index (χ4v) is 2.06. The lowest BCUT2D eigenvalue weighted by atomic mass is 10.2. The van der Waals surface area contributed by atoms with E-state index in [1.165, 1.54) is 16.9 Å². The van der Waals surface area contributed by atoms with Crippen molar-refractivity contribution in [1.29, 1.82) is 0 Å². The molecule has 2 N–H and O–H groups in total. The van der Waals surface area contributed by atoms with E-state index in [1.807, 2.05) is 0 Å². The molecule has 0 unspecified atom stereocenters. The molecule has 0 bridgehead atoms. The van der Waals surface area contributed by atoms with Crippen molar-refractivity contribution in [1.82, 2.24) is 15.1 Å². The molecule has 0 aliphatic carbocycles. The standard InChI is InChI=1S/C16H18N4O6/c21-15(11-19-8-7-14(18-19)20(24)25)17-10-12-3-5-13(6-4-12)26-9-1-2-16(22)23/h3-8H,1-2,9-11H2,(H,17,21)(H,22,23).